The van der Waals surface area contributed by atoms with Gasteiger partial charge >= 0.3 is 6.09 Å². The number of hydrogen-bond acceptors (Lipinski definition) is 2. The van der Waals surface area contributed by atoms with Gasteiger partial charge in [0, 0.05) is 6.04 Å². The number of fused-ring (bicyclic) bond motifs is 2. The number of carbonyl (C=O) groups excluding carboxylic acids is 1. The summed E-state index contributed by atoms with van der Waals surface area (Å²) in [4.78, 5) is 14.5. The van der Waals surface area contributed by atoms with E-state index in [4.69, 9.17) is 4.74 Å². The van der Waals surface area contributed by atoms with Crippen molar-refractivity contribution in [2.24, 2.45) is 0 Å². The average Bonchev–Trinajstić information content (AvgIpc) is 2.52. The molecule has 1 saturated heterocycles. The number of carbonyl (C=O) groups is 1. The number of amides is 1. The molecule has 0 aliphatic carbocycles. The number of nitrogens with zero attached hydrogens (tertiary/aromatic N) is 1. The lowest BCUT2D eigenvalue weighted by atomic mass is 9.83. The van der Waals surface area contributed by atoms with E-state index in [1.54, 1.807) is 0 Å². The Morgan fingerprint density at radius 2 is 2.09 bits per heavy atom. The third-order valence-corrected chi connectivity index (χ3v) is 4.60. The number of ether oxygens (including phenoxy) is 1. The molecule has 2 atom stereocenters. The van der Waals surface area contributed by atoms with Gasteiger partial charge in [-0.1, -0.05) is 48.6 Å². The summed E-state index contributed by atoms with van der Waals surface area (Å²) in [7, 11) is 0. The van der Waals surface area contributed by atoms with E-state index in [1.807, 2.05) is 42.2 Å². The van der Waals surface area contributed by atoms with Crippen molar-refractivity contribution in [3.63, 3.8) is 0 Å². The maximum absolute atomic E-state index is 12.5. The molecule has 2 unspecified atom stereocenters. The summed E-state index contributed by atoms with van der Waals surface area (Å²) in [5, 5.41) is 0. The largest absolute Gasteiger partial charge is 0.445 e. The SMILES string of the molecule is C=C(C)C1=CC2CCCC(C1)N2C(=O)OCc1ccccc1. The Hall–Kier alpha value is -2.03. The third-order valence-electron chi connectivity index (χ3n) is 4.60. The van der Waals surface area contributed by atoms with E-state index in [0.717, 1.165) is 30.4 Å². The lowest BCUT2D eigenvalue weighted by molar-refractivity contribution is 0.0486. The Kier molecular flexibility index (Phi) is 4.32. The van der Waals surface area contributed by atoms with Crippen molar-refractivity contribution in [3.05, 3.63) is 59.7 Å². The lowest BCUT2D eigenvalue weighted by Crippen LogP contribution is -2.51. The van der Waals surface area contributed by atoms with Crippen molar-refractivity contribution in [2.45, 2.75) is 51.3 Å². The summed E-state index contributed by atoms with van der Waals surface area (Å²) in [6.45, 7) is 6.44. The minimum atomic E-state index is -0.185. The number of benzene rings is 1. The summed E-state index contributed by atoms with van der Waals surface area (Å²) in [6, 6.07) is 10.3. The van der Waals surface area contributed by atoms with Crippen LogP contribution in [0.4, 0.5) is 4.79 Å². The van der Waals surface area contributed by atoms with Gasteiger partial charge in [0.15, 0.2) is 0 Å². The first-order valence-electron chi connectivity index (χ1n) is 8.01. The van der Waals surface area contributed by atoms with Crippen LogP contribution in [0.1, 0.15) is 38.2 Å². The Morgan fingerprint density at radius 3 is 2.77 bits per heavy atom. The summed E-state index contributed by atoms with van der Waals surface area (Å²) in [5.41, 5.74) is 3.45. The highest BCUT2D eigenvalue weighted by molar-refractivity contribution is 5.69. The smallest absolute Gasteiger partial charge is 0.410 e. The zero-order valence-electron chi connectivity index (χ0n) is 13.1. The van der Waals surface area contributed by atoms with Crippen molar-refractivity contribution >= 4 is 6.09 Å². The topological polar surface area (TPSA) is 29.5 Å². The quantitative estimate of drug-likeness (QED) is 0.824. The summed E-state index contributed by atoms with van der Waals surface area (Å²) in [5.74, 6) is 0. The Balaban J connectivity index is 1.69. The normalized spacial score (nSPS) is 23.7. The van der Waals surface area contributed by atoms with Crippen LogP contribution in [-0.4, -0.2) is 23.1 Å². The summed E-state index contributed by atoms with van der Waals surface area (Å²) >= 11 is 0. The number of hydrogen-bond donors (Lipinski definition) is 0. The van der Waals surface area contributed by atoms with Gasteiger partial charge in [0.2, 0.25) is 0 Å². The van der Waals surface area contributed by atoms with E-state index in [-0.39, 0.29) is 18.2 Å². The summed E-state index contributed by atoms with van der Waals surface area (Å²) < 4.78 is 5.53. The van der Waals surface area contributed by atoms with Gasteiger partial charge in [0.1, 0.15) is 6.61 Å². The molecule has 116 valence electrons. The van der Waals surface area contributed by atoms with Gasteiger partial charge in [0.05, 0.1) is 6.04 Å². The fraction of sp³-hybridized carbons (Fsp3) is 0.421. The van der Waals surface area contributed by atoms with E-state index in [9.17, 15) is 4.79 Å². The Labute approximate surface area is 132 Å². The Morgan fingerprint density at radius 1 is 1.32 bits per heavy atom. The predicted octanol–water partition coefficient (Wildman–Crippen LogP) is 4.45. The van der Waals surface area contributed by atoms with Crippen molar-refractivity contribution in [2.75, 3.05) is 0 Å². The molecule has 2 heterocycles. The maximum atomic E-state index is 12.5. The third kappa shape index (κ3) is 3.08. The van der Waals surface area contributed by atoms with Crippen LogP contribution in [-0.2, 0) is 11.3 Å². The molecule has 0 spiro atoms. The molecule has 2 aliphatic rings. The minimum Gasteiger partial charge on any atom is -0.445 e. The molecule has 2 bridgehead atoms. The van der Waals surface area contributed by atoms with Gasteiger partial charge in [-0.25, -0.2) is 4.79 Å². The Bertz CT molecular complexity index is 591. The van der Waals surface area contributed by atoms with Crippen LogP contribution >= 0.6 is 0 Å². The van der Waals surface area contributed by atoms with Crippen LogP contribution in [0.25, 0.3) is 0 Å². The molecule has 0 aromatic heterocycles. The molecular weight excluding hydrogens is 274 g/mol. The standard InChI is InChI=1S/C19H23NO2/c1-14(2)16-11-17-9-6-10-18(12-16)20(17)19(21)22-13-15-7-4-3-5-8-15/h3-5,7-8,11,17-18H,1,6,9-10,12-13H2,2H3. The van der Waals surface area contributed by atoms with Crippen LogP contribution in [0.5, 0.6) is 0 Å². The van der Waals surface area contributed by atoms with Gasteiger partial charge in [-0.3, -0.25) is 4.90 Å². The highest BCUT2D eigenvalue weighted by Gasteiger charge is 2.37. The first-order valence-corrected chi connectivity index (χ1v) is 8.01. The van der Waals surface area contributed by atoms with Crippen LogP contribution in [0.15, 0.2) is 54.1 Å². The minimum absolute atomic E-state index is 0.169. The van der Waals surface area contributed by atoms with Gasteiger partial charge in [-0.2, -0.15) is 0 Å². The number of allylic oxidation sites excluding steroid dienone is 1. The fourth-order valence-corrected chi connectivity index (χ4v) is 3.42. The molecule has 3 nitrogen and oxygen atoms in total. The van der Waals surface area contributed by atoms with Crippen molar-refractivity contribution in [1.82, 2.24) is 4.90 Å². The zero-order valence-corrected chi connectivity index (χ0v) is 13.1. The van der Waals surface area contributed by atoms with E-state index in [1.165, 1.54) is 12.0 Å². The predicted molar refractivity (Wildman–Crippen MR) is 87.4 cm³/mol. The molecule has 1 amide bonds. The van der Waals surface area contributed by atoms with Crippen LogP contribution < -0.4 is 0 Å². The van der Waals surface area contributed by atoms with Crippen LogP contribution in [0.2, 0.25) is 0 Å². The second kappa shape index (κ2) is 6.39. The highest BCUT2D eigenvalue weighted by Crippen LogP contribution is 2.35. The molecule has 0 radical (unpaired) electrons. The molecule has 22 heavy (non-hydrogen) atoms. The lowest BCUT2D eigenvalue weighted by Gasteiger charge is -2.44. The monoisotopic (exact) mass is 297 g/mol. The molecule has 3 heteroatoms. The van der Waals surface area contributed by atoms with Gasteiger partial charge in [-0.15, -0.1) is 0 Å². The molecular formula is C19H23NO2. The molecule has 0 saturated carbocycles. The van der Waals surface area contributed by atoms with E-state index in [2.05, 4.69) is 12.7 Å². The molecule has 1 fully saturated rings. The molecule has 0 N–H and O–H groups in total. The maximum Gasteiger partial charge on any atom is 0.410 e. The first kappa shape index (κ1) is 14.9. The van der Waals surface area contributed by atoms with Gasteiger partial charge in [-0.05, 0) is 43.7 Å². The van der Waals surface area contributed by atoms with Crippen molar-refractivity contribution < 1.29 is 9.53 Å². The summed E-state index contributed by atoms with van der Waals surface area (Å²) in [6.07, 6.45) is 6.19. The number of rotatable bonds is 3. The van der Waals surface area contributed by atoms with Gasteiger partial charge in [0.25, 0.3) is 0 Å². The highest BCUT2D eigenvalue weighted by atomic mass is 16.6. The second-order valence-corrected chi connectivity index (χ2v) is 6.28. The van der Waals surface area contributed by atoms with Gasteiger partial charge < -0.3 is 4.74 Å². The fourth-order valence-electron chi connectivity index (χ4n) is 3.42. The average molecular weight is 297 g/mol. The zero-order chi connectivity index (χ0) is 15.5. The van der Waals surface area contributed by atoms with E-state index >= 15 is 0 Å². The van der Waals surface area contributed by atoms with E-state index in [0.29, 0.717) is 6.61 Å². The van der Waals surface area contributed by atoms with Crippen molar-refractivity contribution in [3.8, 4) is 0 Å². The van der Waals surface area contributed by atoms with E-state index < -0.39 is 0 Å². The number of piperidine rings is 1. The second-order valence-electron chi connectivity index (χ2n) is 6.28. The first-order chi connectivity index (χ1) is 10.6. The molecule has 2 aliphatic heterocycles. The molecule has 1 aromatic carbocycles. The van der Waals surface area contributed by atoms with Crippen LogP contribution in [0, 0.1) is 0 Å². The van der Waals surface area contributed by atoms with Crippen molar-refractivity contribution in [1.29, 1.82) is 0 Å². The molecule has 1 aromatic rings. The molecule has 3 rings (SSSR count). The van der Waals surface area contributed by atoms with Crippen LogP contribution in [0.3, 0.4) is 0 Å².